The summed E-state index contributed by atoms with van der Waals surface area (Å²) in [7, 11) is 0. The van der Waals surface area contributed by atoms with Gasteiger partial charge in [0.15, 0.2) is 0 Å². The van der Waals surface area contributed by atoms with Gasteiger partial charge in [-0.1, -0.05) is 29.8 Å². The normalized spacial score (nSPS) is 8.55. The largest absolute Gasteiger partial charge is 0.282 e. The van der Waals surface area contributed by atoms with E-state index in [0.29, 0.717) is 5.56 Å². The van der Waals surface area contributed by atoms with Crippen molar-refractivity contribution in [3.05, 3.63) is 35.4 Å². The molecule has 1 nitrogen and oxygen atoms in total. The Labute approximate surface area is 93.9 Å². The van der Waals surface area contributed by atoms with Gasteiger partial charge in [-0.2, -0.15) is 0 Å². The molecule has 0 heterocycles. The van der Waals surface area contributed by atoms with Gasteiger partial charge in [-0.3, -0.25) is 4.79 Å². The Balaban J connectivity index is 0.000001000. The minimum Gasteiger partial charge on any atom is -0.282 e. The van der Waals surface area contributed by atoms with E-state index in [1.165, 1.54) is 0 Å². The predicted molar refractivity (Wildman–Crippen MR) is 50.2 cm³/mol. The van der Waals surface area contributed by atoms with Gasteiger partial charge >= 0.3 is 0 Å². The Morgan fingerprint density at radius 2 is 1.73 bits per heavy atom. The van der Waals surface area contributed by atoms with Gasteiger partial charge in [0.2, 0.25) is 5.12 Å². The van der Waals surface area contributed by atoms with E-state index in [2.05, 4.69) is 12.6 Å². The van der Waals surface area contributed by atoms with Gasteiger partial charge in [-0.05, 0) is 6.92 Å². The fraction of sp³-hybridized carbons (Fsp3) is 0.125. The molecule has 0 N–H and O–H groups in total. The minimum atomic E-state index is -0.181. The Hall–Kier alpha value is 0.240. The third kappa shape index (κ3) is 3.43. The molecular weight excluding hydrogens is 167 g/mol. The Bertz CT molecular complexity index is 243. The average molecular weight is 175 g/mol. The minimum absolute atomic E-state index is 0. The van der Waals surface area contributed by atoms with E-state index in [1.807, 2.05) is 19.1 Å². The molecule has 1 aromatic carbocycles. The molecule has 0 saturated heterocycles. The van der Waals surface area contributed by atoms with E-state index in [0.717, 1.165) is 5.56 Å². The van der Waals surface area contributed by atoms with Crippen molar-refractivity contribution in [1.82, 2.24) is 0 Å². The van der Waals surface area contributed by atoms with Crippen LogP contribution in [0.1, 0.15) is 15.9 Å². The molecule has 0 fully saturated rings. The standard InChI is InChI=1S/C8H8OS.Na/c1-6-2-4-7(5-3-6)8(9)10;/h2-5H,1H3,(H,9,10);. The molecular formula is C8H8NaOS. The topological polar surface area (TPSA) is 17.1 Å². The quantitative estimate of drug-likeness (QED) is 0.507. The predicted octanol–water partition coefficient (Wildman–Crippen LogP) is 1.68. The first-order valence-corrected chi connectivity index (χ1v) is 3.45. The number of hydrogen-bond acceptors (Lipinski definition) is 1. The molecule has 1 rings (SSSR count). The monoisotopic (exact) mass is 175 g/mol. The van der Waals surface area contributed by atoms with Crippen molar-refractivity contribution in [2.75, 3.05) is 0 Å². The Morgan fingerprint density at radius 1 is 1.27 bits per heavy atom. The molecule has 0 bridgehead atoms. The first-order chi connectivity index (χ1) is 4.70. The summed E-state index contributed by atoms with van der Waals surface area (Å²) in [5, 5.41) is -0.181. The van der Waals surface area contributed by atoms with E-state index in [9.17, 15) is 4.79 Å². The van der Waals surface area contributed by atoms with Crippen molar-refractivity contribution < 1.29 is 4.79 Å². The maximum Gasteiger partial charge on any atom is 0.216 e. The molecule has 0 atom stereocenters. The summed E-state index contributed by atoms with van der Waals surface area (Å²) in [4.78, 5) is 10.6. The van der Waals surface area contributed by atoms with Gasteiger partial charge in [0, 0.05) is 35.1 Å². The molecule has 1 aromatic rings. The van der Waals surface area contributed by atoms with Crippen molar-refractivity contribution >= 4 is 47.3 Å². The molecule has 11 heavy (non-hydrogen) atoms. The molecule has 0 unspecified atom stereocenters. The Kier molecular flexibility index (Phi) is 5.10. The van der Waals surface area contributed by atoms with Crippen LogP contribution in [-0.4, -0.2) is 34.7 Å². The second kappa shape index (κ2) is 4.99. The number of rotatable bonds is 1. The molecule has 0 aromatic heterocycles. The van der Waals surface area contributed by atoms with Crippen LogP contribution in [-0.2, 0) is 0 Å². The van der Waals surface area contributed by atoms with Gasteiger partial charge in [-0.25, -0.2) is 0 Å². The summed E-state index contributed by atoms with van der Waals surface area (Å²) in [5.74, 6) is 0. The van der Waals surface area contributed by atoms with Gasteiger partial charge in [0.1, 0.15) is 0 Å². The number of aryl methyl sites for hydroxylation is 1. The van der Waals surface area contributed by atoms with Crippen LogP contribution in [0.15, 0.2) is 24.3 Å². The third-order valence-electron chi connectivity index (χ3n) is 1.30. The molecule has 3 heteroatoms. The van der Waals surface area contributed by atoms with Crippen LogP contribution in [0.3, 0.4) is 0 Å². The first kappa shape index (κ1) is 11.2. The molecule has 0 aliphatic heterocycles. The van der Waals surface area contributed by atoms with Crippen LogP contribution in [0.25, 0.3) is 0 Å². The molecule has 0 aliphatic rings. The van der Waals surface area contributed by atoms with E-state index in [-0.39, 0.29) is 34.7 Å². The van der Waals surface area contributed by atoms with Crippen molar-refractivity contribution in [3.8, 4) is 0 Å². The second-order valence-electron chi connectivity index (χ2n) is 2.17. The summed E-state index contributed by atoms with van der Waals surface area (Å²) in [5.41, 5.74) is 1.80. The van der Waals surface area contributed by atoms with Crippen LogP contribution in [0.4, 0.5) is 0 Å². The zero-order valence-electron chi connectivity index (χ0n) is 6.66. The van der Waals surface area contributed by atoms with Crippen LogP contribution in [0.2, 0.25) is 0 Å². The fourth-order valence-electron chi connectivity index (χ4n) is 0.696. The zero-order valence-corrected chi connectivity index (χ0v) is 9.56. The molecule has 53 valence electrons. The fourth-order valence-corrected chi connectivity index (χ4v) is 0.845. The molecule has 0 spiro atoms. The van der Waals surface area contributed by atoms with Crippen LogP contribution >= 0.6 is 12.6 Å². The van der Waals surface area contributed by atoms with Crippen molar-refractivity contribution in [1.29, 1.82) is 0 Å². The van der Waals surface area contributed by atoms with Crippen molar-refractivity contribution in [2.24, 2.45) is 0 Å². The van der Waals surface area contributed by atoms with Gasteiger partial charge in [0.25, 0.3) is 0 Å². The van der Waals surface area contributed by atoms with Crippen molar-refractivity contribution in [2.45, 2.75) is 6.92 Å². The molecule has 0 aliphatic carbocycles. The Morgan fingerprint density at radius 3 is 2.09 bits per heavy atom. The van der Waals surface area contributed by atoms with E-state index in [4.69, 9.17) is 0 Å². The third-order valence-corrected chi connectivity index (χ3v) is 1.56. The number of thiol groups is 1. The van der Waals surface area contributed by atoms with E-state index in [1.54, 1.807) is 12.1 Å². The van der Waals surface area contributed by atoms with E-state index < -0.39 is 0 Å². The summed E-state index contributed by atoms with van der Waals surface area (Å²) in [6.07, 6.45) is 0. The first-order valence-electron chi connectivity index (χ1n) is 3.00. The van der Waals surface area contributed by atoms with Crippen LogP contribution < -0.4 is 0 Å². The van der Waals surface area contributed by atoms with Crippen LogP contribution in [0, 0.1) is 6.92 Å². The van der Waals surface area contributed by atoms with Crippen LogP contribution in [0.5, 0.6) is 0 Å². The number of hydrogen-bond donors (Lipinski definition) is 1. The SMILES string of the molecule is Cc1ccc(C(=O)S)cc1.[Na]. The number of carbonyl (C=O) groups is 1. The van der Waals surface area contributed by atoms with Gasteiger partial charge < -0.3 is 0 Å². The van der Waals surface area contributed by atoms with Gasteiger partial charge in [-0.15, -0.1) is 12.6 Å². The maximum atomic E-state index is 10.6. The molecule has 0 amide bonds. The van der Waals surface area contributed by atoms with E-state index >= 15 is 0 Å². The molecule has 0 saturated carbocycles. The zero-order chi connectivity index (χ0) is 7.56. The smallest absolute Gasteiger partial charge is 0.216 e. The number of benzene rings is 1. The number of carbonyl (C=O) groups excluding carboxylic acids is 1. The van der Waals surface area contributed by atoms with Crippen molar-refractivity contribution in [3.63, 3.8) is 0 Å². The average Bonchev–Trinajstić information content (AvgIpc) is 1.88. The summed E-state index contributed by atoms with van der Waals surface area (Å²) in [6, 6.07) is 7.32. The summed E-state index contributed by atoms with van der Waals surface area (Å²) >= 11 is 3.68. The summed E-state index contributed by atoms with van der Waals surface area (Å²) < 4.78 is 0. The molecule has 1 radical (unpaired) electrons. The second-order valence-corrected chi connectivity index (χ2v) is 2.58. The maximum absolute atomic E-state index is 10.6. The summed E-state index contributed by atoms with van der Waals surface area (Å²) in [6.45, 7) is 1.98. The van der Waals surface area contributed by atoms with Gasteiger partial charge in [0.05, 0.1) is 0 Å².